The van der Waals surface area contributed by atoms with E-state index in [1.807, 2.05) is 17.4 Å². The number of esters is 1. The summed E-state index contributed by atoms with van der Waals surface area (Å²) in [6.07, 6.45) is 34.7. The largest absolute Gasteiger partial charge is 0.426 e. The minimum Gasteiger partial charge on any atom is -0.426 e. The van der Waals surface area contributed by atoms with Crippen LogP contribution >= 0.6 is 11.3 Å². The molecule has 0 amide bonds. The number of nitrogens with zero attached hydrogens (tertiary/aromatic N) is 1. The van der Waals surface area contributed by atoms with Crippen LogP contribution in [0.3, 0.4) is 0 Å². The third-order valence-corrected chi connectivity index (χ3v) is 8.74. The molecule has 0 fully saturated rings. The highest BCUT2D eigenvalue weighted by atomic mass is 32.1. The van der Waals surface area contributed by atoms with Gasteiger partial charge in [0.05, 0.1) is 0 Å². The highest BCUT2D eigenvalue weighted by molar-refractivity contribution is 7.09. The second-order valence-electron chi connectivity index (χ2n) is 11.2. The van der Waals surface area contributed by atoms with Crippen LogP contribution in [0, 0.1) is 0 Å². The minimum absolute atomic E-state index is 0.119. The Bertz CT molecular complexity index is 1190. The number of unbranched alkanes of at least 4 members (excludes halogenated alkanes) is 1. The topological polar surface area (TPSA) is 29.5 Å². The molecular formula is C39H53NO2S. The molecule has 232 valence electrons. The quantitative estimate of drug-likeness (QED) is 0.0656. The molecule has 1 aromatic carbocycles. The number of allylic oxidation sites excluding steroid dienone is 10. The molecule has 3 nitrogen and oxygen atoms in total. The van der Waals surface area contributed by atoms with E-state index in [-0.39, 0.29) is 5.97 Å². The van der Waals surface area contributed by atoms with Crippen LogP contribution in [0.1, 0.15) is 94.1 Å². The van der Waals surface area contributed by atoms with Crippen molar-refractivity contribution in [3.63, 3.8) is 0 Å². The molecule has 0 N–H and O–H groups in total. The fourth-order valence-corrected chi connectivity index (χ4v) is 6.24. The maximum atomic E-state index is 12.6. The molecular weight excluding hydrogens is 547 g/mol. The van der Waals surface area contributed by atoms with Gasteiger partial charge in [0.1, 0.15) is 5.75 Å². The molecule has 0 saturated carbocycles. The summed E-state index contributed by atoms with van der Waals surface area (Å²) in [5, 5.41) is 2.17. The van der Waals surface area contributed by atoms with Gasteiger partial charge < -0.3 is 4.74 Å². The highest BCUT2D eigenvalue weighted by Crippen LogP contribution is 2.32. The van der Waals surface area contributed by atoms with E-state index < -0.39 is 0 Å². The maximum Gasteiger partial charge on any atom is 0.311 e. The lowest BCUT2D eigenvalue weighted by molar-refractivity contribution is -0.134. The molecule has 43 heavy (non-hydrogen) atoms. The fourth-order valence-electron chi connectivity index (χ4n) is 5.54. The van der Waals surface area contributed by atoms with E-state index in [4.69, 9.17) is 4.74 Å². The van der Waals surface area contributed by atoms with Crippen molar-refractivity contribution in [2.75, 3.05) is 13.1 Å². The lowest BCUT2D eigenvalue weighted by Crippen LogP contribution is -2.41. The summed E-state index contributed by atoms with van der Waals surface area (Å²) < 4.78 is 5.88. The first-order valence-corrected chi connectivity index (χ1v) is 17.4. The third kappa shape index (κ3) is 13.9. The van der Waals surface area contributed by atoms with E-state index in [1.165, 1.54) is 22.4 Å². The predicted octanol–water partition coefficient (Wildman–Crippen LogP) is 10.4. The Balaban J connectivity index is 1.32. The number of ether oxygens (including phenoxy) is 1. The summed E-state index contributed by atoms with van der Waals surface area (Å²) in [5.74, 6) is 0.655. The molecule has 1 aromatic heterocycles. The van der Waals surface area contributed by atoms with E-state index >= 15 is 0 Å². The van der Waals surface area contributed by atoms with Crippen molar-refractivity contribution in [3.05, 3.63) is 112 Å². The predicted molar refractivity (Wildman–Crippen MR) is 186 cm³/mol. The molecule has 1 aliphatic carbocycles. The smallest absolute Gasteiger partial charge is 0.311 e. The molecule has 0 saturated heterocycles. The SMILES string of the molecule is CC/C=C\C/C=C\C/C=C\C/C=C\C/C=C\CCCC(=O)Oc1cccc2c1CC[C@H](N(CCC)CCc1cccs1)C2. The van der Waals surface area contributed by atoms with Crippen molar-refractivity contribution in [2.24, 2.45) is 0 Å². The average Bonchev–Trinajstić information content (AvgIpc) is 3.54. The number of hydrogen-bond donors (Lipinski definition) is 0. The molecule has 0 bridgehead atoms. The maximum absolute atomic E-state index is 12.6. The summed E-state index contributed by atoms with van der Waals surface area (Å²) in [5.41, 5.74) is 2.58. The summed E-state index contributed by atoms with van der Waals surface area (Å²) in [6, 6.07) is 11.2. The Labute approximate surface area is 265 Å². The molecule has 4 heteroatoms. The van der Waals surface area contributed by atoms with Crippen LogP contribution in [-0.4, -0.2) is 30.0 Å². The number of carbonyl (C=O) groups excluding carboxylic acids is 1. The fraction of sp³-hybridized carbons (Fsp3) is 0.462. The van der Waals surface area contributed by atoms with E-state index in [2.05, 4.69) is 109 Å². The molecule has 0 unspecified atom stereocenters. The Hall–Kier alpha value is -2.95. The second-order valence-corrected chi connectivity index (χ2v) is 12.3. The summed E-state index contributed by atoms with van der Waals surface area (Å²) >= 11 is 1.86. The van der Waals surface area contributed by atoms with Crippen LogP contribution in [0.4, 0.5) is 0 Å². The zero-order chi connectivity index (χ0) is 30.4. The molecule has 0 aliphatic heterocycles. The molecule has 0 radical (unpaired) electrons. The average molecular weight is 600 g/mol. The van der Waals surface area contributed by atoms with E-state index in [9.17, 15) is 4.79 Å². The summed E-state index contributed by atoms with van der Waals surface area (Å²) in [7, 11) is 0. The summed E-state index contributed by atoms with van der Waals surface area (Å²) in [6.45, 7) is 6.68. The van der Waals surface area contributed by atoms with Gasteiger partial charge in [-0.15, -0.1) is 11.3 Å². The van der Waals surface area contributed by atoms with Gasteiger partial charge in [0.15, 0.2) is 0 Å². The first-order valence-electron chi connectivity index (χ1n) is 16.5. The van der Waals surface area contributed by atoms with Crippen molar-refractivity contribution in [1.29, 1.82) is 0 Å². The number of fused-ring (bicyclic) bond motifs is 1. The monoisotopic (exact) mass is 599 g/mol. The Morgan fingerprint density at radius 1 is 0.884 bits per heavy atom. The first-order chi connectivity index (χ1) is 21.2. The number of rotatable bonds is 20. The summed E-state index contributed by atoms with van der Waals surface area (Å²) in [4.78, 5) is 16.8. The standard InChI is InChI=1S/C39H53NO2S/c1-3-5-6-7-8-9-10-11-12-13-14-15-16-17-18-19-20-26-39(41)42-38-25-21-23-34-33-35(27-28-37(34)38)40(30-4-2)31-29-36-24-22-32-43-36/h5-6,8-9,11-12,14-15,17-18,21-25,32,35H,3-4,7,10,13,16,19-20,26-31,33H2,1-2H3/b6-5-,9-8-,12-11-,15-14-,18-17-/t35-/m0/s1. The van der Waals surface area contributed by atoms with E-state index in [0.29, 0.717) is 12.5 Å². The Morgan fingerprint density at radius 2 is 1.58 bits per heavy atom. The van der Waals surface area contributed by atoms with Gasteiger partial charge in [-0.2, -0.15) is 0 Å². The van der Waals surface area contributed by atoms with Crippen molar-refractivity contribution >= 4 is 17.3 Å². The highest BCUT2D eigenvalue weighted by Gasteiger charge is 2.26. The molecule has 0 spiro atoms. The van der Waals surface area contributed by atoms with Crippen molar-refractivity contribution < 1.29 is 9.53 Å². The van der Waals surface area contributed by atoms with Gasteiger partial charge in [0.2, 0.25) is 0 Å². The number of hydrogen-bond acceptors (Lipinski definition) is 4. The van der Waals surface area contributed by atoms with E-state index in [0.717, 1.165) is 89.5 Å². The Kier molecular flexibility index (Phi) is 17.4. The van der Waals surface area contributed by atoms with Crippen molar-refractivity contribution in [1.82, 2.24) is 4.90 Å². The van der Waals surface area contributed by atoms with Crippen molar-refractivity contribution in [2.45, 2.75) is 103 Å². The van der Waals surface area contributed by atoms with Crippen LogP contribution in [0.5, 0.6) is 5.75 Å². The Morgan fingerprint density at radius 3 is 2.23 bits per heavy atom. The van der Waals surface area contributed by atoms with Gasteiger partial charge in [-0.25, -0.2) is 0 Å². The first kappa shape index (κ1) is 34.5. The van der Waals surface area contributed by atoms with Gasteiger partial charge in [-0.1, -0.05) is 92.8 Å². The third-order valence-electron chi connectivity index (χ3n) is 7.80. The number of benzene rings is 1. The normalized spacial score (nSPS) is 15.7. The van der Waals surface area contributed by atoms with Crippen LogP contribution in [0.15, 0.2) is 96.5 Å². The number of thiophene rings is 1. The van der Waals surface area contributed by atoms with Gasteiger partial charge >= 0.3 is 5.97 Å². The molecule has 1 atom stereocenters. The zero-order valence-electron chi connectivity index (χ0n) is 26.6. The van der Waals surface area contributed by atoms with Crippen molar-refractivity contribution in [3.8, 4) is 5.75 Å². The van der Waals surface area contributed by atoms with Crippen LogP contribution < -0.4 is 4.74 Å². The van der Waals surface area contributed by atoms with Crippen LogP contribution in [0.2, 0.25) is 0 Å². The van der Waals surface area contributed by atoms with Gasteiger partial charge in [-0.3, -0.25) is 9.69 Å². The van der Waals surface area contributed by atoms with Crippen LogP contribution in [-0.2, 0) is 24.1 Å². The molecule has 1 aliphatic rings. The lowest BCUT2D eigenvalue weighted by Gasteiger charge is -2.35. The van der Waals surface area contributed by atoms with Gasteiger partial charge in [-0.05, 0) is 112 Å². The van der Waals surface area contributed by atoms with Crippen LogP contribution in [0.25, 0.3) is 0 Å². The number of carbonyl (C=O) groups is 1. The molecule has 3 rings (SSSR count). The second kappa shape index (κ2) is 21.7. The zero-order valence-corrected chi connectivity index (χ0v) is 27.4. The van der Waals surface area contributed by atoms with E-state index in [1.54, 1.807) is 0 Å². The molecule has 2 aromatic rings. The molecule has 1 heterocycles. The van der Waals surface area contributed by atoms with Gasteiger partial charge in [0, 0.05) is 23.9 Å². The van der Waals surface area contributed by atoms with Gasteiger partial charge in [0.25, 0.3) is 0 Å². The lowest BCUT2D eigenvalue weighted by atomic mass is 9.86. The minimum atomic E-state index is -0.119.